The van der Waals surface area contributed by atoms with E-state index in [-0.39, 0.29) is 11.1 Å². The molecule has 0 unspecified atom stereocenters. The molecule has 176 valence electrons. The molecule has 0 aliphatic heterocycles. The van der Waals surface area contributed by atoms with E-state index in [0.717, 1.165) is 11.1 Å². The SMILES string of the molecule is Cc1ccc(C(=O)S(=O)(=O)C2=C(Br)C(=O)C(S(=O)(=O)C(=O)c3ccc(C)cc3)=C(Br)C2=O)cc1. The van der Waals surface area contributed by atoms with Crippen molar-refractivity contribution in [3.05, 3.63) is 89.6 Å². The summed E-state index contributed by atoms with van der Waals surface area (Å²) in [5.74, 6) is -2.91. The number of hydrogen-bond acceptors (Lipinski definition) is 8. The summed E-state index contributed by atoms with van der Waals surface area (Å²) in [7, 11) is -10.1. The second-order valence-corrected chi connectivity index (χ2v) is 12.4. The number of halogens is 2. The van der Waals surface area contributed by atoms with Gasteiger partial charge in [-0.05, 0) is 45.7 Å². The third-order valence-electron chi connectivity index (χ3n) is 4.81. The van der Waals surface area contributed by atoms with Gasteiger partial charge in [-0.3, -0.25) is 19.2 Å². The number of ketones is 2. The number of benzene rings is 2. The Kier molecular flexibility index (Phi) is 7.09. The minimum absolute atomic E-state index is 0.258. The monoisotopic (exact) mass is 628 g/mol. The lowest BCUT2D eigenvalue weighted by Gasteiger charge is -2.18. The average Bonchev–Trinajstić information content (AvgIpc) is 2.77. The van der Waals surface area contributed by atoms with Gasteiger partial charge in [-0.25, -0.2) is 16.8 Å². The van der Waals surface area contributed by atoms with Crippen LogP contribution in [0.4, 0.5) is 0 Å². The van der Waals surface area contributed by atoms with E-state index in [2.05, 4.69) is 31.9 Å². The Hall–Kier alpha value is -2.54. The molecule has 0 saturated heterocycles. The van der Waals surface area contributed by atoms with Crippen molar-refractivity contribution < 1.29 is 36.0 Å². The van der Waals surface area contributed by atoms with E-state index in [0.29, 0.717) is 0 Å². The van der Waals surface area contributed by atoms with Crippen molar-refractivity contribution in [2.24, 2.45) is 0 Å². The molecule has 1 aliphatic carbocycles. The lowest BCUT2D eigenvalue weighted by Crippen LogP contribution is -2.32. The zero-order valence-electron chi connectivity index (χ0n) is 17.5. The summed E-state index contributed by atoms with van der Waals surface area (Å²) in [5, 5.41) is -2.91. The maximum absolute atomic E-state index is 13.0. The van der Waals surface area contributed by atoms with E-state index >= 15 is 0 Å². The van der Waals surface area contributed by atoms with Crippen LogP contribution in [0.25, 0.3) is 0 Å². The smallest absolute Gasteiger partial charge is 0.281 e. The van der Waals surface area contributed by atoms with E-state index in [4.69, 9.17) is 0 Å². The van der Waals surface area contributed by atoms with Crippen LogP contribution in [0.5, 0.6) is 0 Å². The largest absolute Gasteiger partial charge is 0.287 e. The van der Waals surface area contributed by atoms with Gasteiger partial charge in [-0.1, -0.05) is 59.7 Å². The Morgan fingerprint density at radius 1 is 0.588 bits per heavy atom. The first kappa shape index (κ1) is 26.1. The first-order chi connectivity index (χ1) is 15.7. The molecule has 2 aromatic carbocycles. The summed E-state index contributed by atoms with van der Waals surface area (Å²) in [6.45, 7) is 3.43. The highest BCUT2D eigenvalue weighted by molar-refractivity contribution is 9.12. The highest BCUT2D eigenvalue weighted by Crippen LogP contribution is 2.38. The lowest BCUT2D eigenvalue weighted by atomic mass is 10.1. The second-order valence-electron chi connectivity index (χ2n) is 7.26. The Labute approximate surface area is 211 Å². The number of hydrogen-bond donors (Lipinski definition) is 0. The van der Waals surface area contributed by atoms with Gasteiger partial charge in [0, 0.05) is 11.1 Å². The number of carbonyl (C=O) groups excluding carboxylic acids is 4. The zero-order valence-corrected chi connectivity index (χ0v) is 22.3. The maximum atomic E-state index is 13.0. The van der Waals surface area contributed by atoms with Crippen LogP contribution in [0.3, 0.4) is 0 Å². The predicted octanol–water partition coefficient (Wildman–Crippen LogP) is 3.48. The fourth-order valence-corrected chi connectivity index (χ4v) is 7.87. The number of allylic oxidation sites excluding steroid dienone is 4. The molecular formula is C22H14Br2O8S2. The van der Waals surface area contributed by atoms with Gasteiger partial charge in [0.05, 0.1) is 8.96 Å². The highest BCUT2D eigenvalue weighted by atomic mass is 79.9. The van der Waals surface area contributed by atoms with E-state index in [1.807, 2.05) is 0 Å². The van der Waals surface area contributed by atoms with Crippen LogP contribution >= 0.6 is 31.9 Å². The summed E-state index contributed by atoms with van der Waals surface area (Å²) in [6.07, 6.45) is 0. The van der Waals surface area contributed by atoms with Gasteiger partial charge in [0.2, 0.25) is 31.2 Å². The minimum atomic E-state index is -5.06. The number of aryl methyl sites for hydroxylation is 2. The molecule has 3 rings (SSSR count). The van der Waals surface area contributed by atoms with Crippen molar-refractivity contribution in [2.75, 3.05) is 0 Å². The van der Waals surface area contributed by atoms with Gasteiger partial charge in [-0.2, -0.15) is 0 Å². The van der Waals surface area contributed by atoms with Crippen LogP contribution in [0, 0.1) is 13.8 Å². The summed E-state index contributed by atoms with van der Waals surface area (Å²) in [5.41, 5.74) is 0.979. The van der Waals surface area contributed by atoms with E-state index in [9.17, 15) is 36.0 Å². The molecule has 0 heterocycles. The van der Waals surface area contributed by atoms with Gasteiger partial charge in [-0.15, -0.1) is 0 Å². The Morgan fingerprint density at radius 2 is 0.853 bits per heavy atom. The fourth-order valence-electron chi connectivity index (χ4n) is 2.96. The number of sulfone groups is 2. The van der Waals surface area contributed by atoms with Crippen molar-refractivity contribution in [2.45, 2.75) is 13.8 Å². The first-order valence-corrected chi connectivity index (χ1v) is 13.9. The molecule has 0 aromatic heterocycles. The standard InChI is InChI=1S/C22H14Br2O8S2/c1-11-3-7-13(8-4-11)21(27)33(29,30)19-15(23)18(26)20(16(24)17(19)25)34(31,32)22(28)14-9-5-12(2)6-10-14/h3-10H,1-2H3. The highest BCUT2D eigenvalue weighted by Gasteiger charge is 2.47. The van der Waals surface area contributed by atoms with Crippen molar-refractivity contribution in [3.63, 3.8) is 0 Å². The van der Waals surface area contributed by atoms with Crippen molar-refractivity contribution >= 4 is 73.3 Å². The second kappa shape index (κ2) is 9.25. The number of Topliss-reactive ketones (excluding diaryl/α,β-unsaturated/α-hetero) is 2. The molecule has 0 fully saturated rings. The topological polar surface area (TPSA) is 137 Å². The maximum Gasteiger partial charge on any atom is 0.281 e. The van der Waals surface area contributed by atoms with Gasteiger partial charge in [0.1, 0.15) is 9.81 Å². The summed E-state index contributed by atoms with van der Waals surface area (Å²) >= 11 is 5.34. The van der Waals surface area contributed by atoms with Gasteiger partial charge in [0.15, 0.2) is 0 Å². The molecule has 0 bridgehead atoms. The first-order valence-electron chi connectivity index (χ1n) is 9.32. The van der Waals surface area contributed by atoms with Gasteiger partial charge < -0.3 is 0 Å². The normalized spacial score (nSPS) is 15.1. The molecule has 0 atom stereocenters. The minimum Gasteiger partial charge on any atom is -0.287 e. The third-order valence-corrected chi connectivity index (χ3v) is 10.1. The molecule has 12 heteroatoms. The third kappa shape index (κ3) is 4.42. The summed E-state index contributed by atoms with van der Waals surface area (Å²) in [4.78, 5) is 48.7. The van der Waals surface area contributed by atoms with Crippen molar-refractivity contribution in [3.8, 4) is 0 Å². The molecule has 0 radical (unpaired) electrons. The van der Waals surface area contributed by atoms with Crippen LogP contribution in [0.15, 0.2) is 67.3 Å². The lowest BCUT2D eigenvalue weighted by molar-refractivity contribution is -0.114. The fraction of sp³-hybridized carbons (Fsp3) is 0.0909. The quantitative estimate of drug-likeness (QED) is 0.469. The molecule has 0 N–H and O–H groups in total. The average molecular weight is 630 g/mol. The van der Waals surface area contributed by atoms with Crippen LogP contribution in [0.1, 0.15) is 31.8 Å². The molecule has 34 heavy (non-hydrogen) atoms. The Balaban J connectivity index is 2.10. The van der Waals surface area contributed by atoms with E-state index < -0.39 is 60.2 Å². The molecule has 0 spiro atoms. The van der Waals surface area contributed by atoms with Crippen molar-refractivity contribution in [1.82, 2.24) is 0 Å². The van der Waals surface area contributed by atoms with Crippen LogP contribution in [-0.4, -0.2) is 38.6 Å². The Bertz CT molecular complexity index is 1430. The Morgan fingerprint density at radius 3 is 1.12 bits per heavy atom. The molecule has 8 nitrogen and oxygen atoms in total. The summed E-state index contributed by atoms with van der Waals surface area (Å²) in [6, 6.07) is 10.9. The summed E-state index contributed by atoms with van der Waals surface area (Å²) < 4.78 is 49.9. The van der Waals surface area contributed by atoms with E-state index in [1.165, 1.54) is 48.5 Å². The predicted molar refractivity (Wildman–Crippen MR) is 131 cm³/mol. The zero-order chi connectivity index (χ0) is 25.6. The van der Waals surface area contributed by atoms with Gasteiger partial charge >= 0.3 is 0 Å². The van der Waals surface area contributed by atoms with Gasteiger partial charge in [0.25, 0.3) is 10.2 Å². The van der Waals surface area contributed by atoms with Crippen LogP contribution in [0.2, 0.25) is 0 Å². The molecule has 2 aromatic rings. The molecular weight excluding hydrogens is 616 g/mol. The number of carbonyl (C=O) groups is 4. The molecule has 0 amide bonds. The molecule has 1 aliphatic rings. The van der Waals surface area contributed by atoms with Crippen molar-refractivity contribution in [1.29, 1.82) is 0 Å². The number of rotatable bonds is 4. The molecule has 0 saturated carbocycles. The van der Waals surface area contributed by atoms with Crippen LogP contribution < -0.4 is 0 Å². The van der Waals surface area contributed by atoms with Crippen LogP contribution in [-0.2, 0) is 29.3 Å². The van der Waals surface area contributed by atoms with E-state index in [1.54, 1.807) is 13.8 Å².